The van der Waals surface area contributed by atoms with Crippen molar-refractivity contribution in [3.05, 3.63) is 16.1 Å². The molecule has 0 atom stereocenters. The molecule has 1 aromatic rings. The Kier molecular flexibility index (Phi) is 5.78. The zero-order valence-corrected chi connectivity index (χ0v) is 16.0. The minimum absolute atomic E-state index is 0.211. The lowest BCUT2D eigenvalue weighted by Crippen LogP contribution is -2.37. The van der Waals surface area contributed by atoms with Gasteiger partial charge in [-0.25, -0.2) is 4.98 Å². The molecule has 1 aliphatic carbocycles. The highest BCUT2D eigenvalue weighted by Gasteiger charge is 2.40. The summed E-state index contributed by atoms with van der Waals surface area (Å²) < 4.78 is 22.8. The van der Waals surface area contributed by atoms with Crippen LogP contribution in [0.3, 0.4) is 0 Å². The summed E-state index contributed by atoms with van der Waals surface area (Å²) in [6, 6.07) is 0. The molecule has 25 heavy (non-hydrogen) atoms. The quantitative estimate of drug-likeness (QED) is 0.743. The molecule has 0 N–H and O–H groups in total. The van der Waals surface area contributed by atoms with Crippen LogP contribution in [-0.2, 0) is 36.8 Å². The van der Waals surface area contributed by atoms with Gasteiger partial charge in [0.25, 0.3) is 0 Å². The van der Waals surface area contributed by atoms with E-state index in [9.17, 15) is 4.79 Å². The fourth-order valence-electron chi connectivity index (χ4n) is 3.18. The first-order valence-corrected chi connectivity index (χ1v) is 9.76. The Morgan fingerprint density at radius 1 is 1.32 bits per heavy atom. The SMILES string of the molecule is CC(C)(C)OC(=O)Cc1nc(COC2CCC3(CC2)OCCO3)cs1. The minimum Gasteiger partial charge on any atom is -0.460 e. The lowest BCUT2D eigenvalue weighted by atomic mass is 9.92. The standard InChI is InChI=1S/C18H27NO5S/c1-17(2,3)24-16(20)10-15-19-13(12-25-15)11-21-14-4-6-18(7-5-14)22-8-9-23-18/h12,14H,4-11H2,1-3H3. The fourth-order valence-corrected chi connectivity index (χ4v) is 3.95. The molecule has 2 fully saturated rings. The Morgan fingerprint density at radius 3 is 2.64 bits per heavy atom. The second kappa shape index (κ2) is 7.70. The highest BCUT2D eigenvalue weighted by molar-refractivity contribution is 7.09. The summed E-state index contributed by atoms with van der Waals surface area (Å²) in [5, 5.41) is 2.72. The van der Waals surface area contributed by atoms with Crippen molar-refractivity contribution in [1.29, 1.82) is 0 Å². The van der Waals surface area contributed by atoms with E-state index >= 15 is 0 Å². The van der Waals surface area contributed by atoms with Crippen molar-refractivity contribution < 1.29 is 23.7 Å². The van der Waals surface area contributed by atoms with Crippen molar-refractivity contribution in [2.45, 2.75) is 77.0 Å². The summed E-state index contributed by atoms with van der Waals surface area (Å²) in [5.41, 5.74) is 0.406. The van der Waals surface area contributed by atoms with Crippen molar-refractivity contribution in [2.24, 2.45) is 0 Å². The molecule has 0 bridgehead atoms. The molecule has 2 aliphatic rings. The molecule has 0 amide bonds. The van der Waals surface area contributed by atoms with E-state index in [0.717, 1.165) is 36.4 Å². The normalized spacial score (nSPS) is 20.9. The number of nitrogens with zero attached hydrogens (tertiary/aromatic N) is 1. The Morgan fingerprint density at radius 2 is 2.00 bits per heavy atom. The first-order chi connectivity index (χ1) is 11.8. The molecule has 1 saturated heterocycles. The monoisotopic (exact) mass is 369 g/mol. The summed E-state index contributed by atoms with van der Waals surface area (Å²) in [5.74, 6) is -0.593. The van der Waals surface area contributed by atoms with E-state index in [2.05, 4.69) is 4.98 Å². The van der Waals surface area contributed by atoms with E-state index in [4.69, 9.17) is 18.9 Å². The smallest absolute Gasteiger partial charge is 0.313 e. The van der Waals surface area contributed by atoms with E-state index in [0.29, 0.717) is 19.8 Å². The van der Waals surface area contributed by atoms with Crippen LogP contribution in [0.2, 0.25) is 0 Å². The maximum Gasteiger partial charge on any atom is 0.313 e. The molecule has 1 saturated carbocycles. The van der Waals surface area contributed by atoms with E-state index in [1.54, 1.807) is 0 Å². The topological polar surface area (TPSA) is 66.9 Å². The Labute approximate surface area is 152 Å². The third-order valence-corrected chi connectivity index (χ3v) is 5.19. The van der Waals surface area contributed by atoms with Crippen LogP contribution in [0.1, 0.15) is 57.2 Å². The van der Waals surface area contributed by atoms with Crippen molar-refractivity contribution >= 4 is 17.3 Å². The van der Waals surface area contributed by atoms with Gasteiger partial charge in [0.05, 0.1) is 38.0 Å². The van der Waals surface area contributed by atoms with Crippen LogP contribution >= 0.6 is 11.3 Å². The number of carbonyl (C=O) groups is 1. The van der Waals surface area contributed by atoms with E-state index in [-0.39, 0.29) is 24.3 Å². The summed E-state index contributed by atoms with van der Waals surface area (Å²) >= 11 is 1.47. The summed E-state index contributed by atoms with van der Waals surface area (Å²) in [6.07, 6.45) is 4.08. The Bertz CT molecular complexity index is 579. The third-order valence-electron chi connectivity index (χ3n) is 4.29. The second-order valence-corrected chi connectivity index (χ2v) is 8.56. The number of thiazole rings is 1. The zero-order chi connectivity index (χ0) is 17.9. The van der Waals surface area contributed by atoms with Crippen LogP contribution in [-0.4, -0.2) is 41.7 Å². The van der Waals surface area contributed by atoms with Gasteiger partial charge < -0.3 is 18.9 Å². The first-order valence-electron chi connectivity index (χ1n) is 8.88. The van der Waals surface area contributed by atoms with Crippen molar-refractivity contribution in [1.82, 2.24) is 4.98 Å². The highest BCUT2D eigenvalue weighted by Crippen LogP contribution is 2.36. The Hall–Kier alpha value is -1.02. The van der Waals surface area contributed by atoms with Crippen LogP contribution in [0.25, 0.3) is 0 Å². The van der Waals surface area contributed by atoms with Gasteiger partial charge in [-0.1, -0.05) is 0 Å². The molecule has 1 aliphatic heterocycles. The molecular formula is C18H27NO5S. The van der Waals surface area contributed by atoms with Crippen molar-refractivity contribution in [3.8, 4) is 0 Å². The second-order valence-electron chi connectivity index (χ2n) is 7.61. The lowest BCUT2D eigenvalue weighted by molar-refractivity contribution is -0.192. The van der Waals surface area contributed by atoms with Crippen LogP contribution in [0.4, 0.5) is 0 Å². The summed E-state index contributed by atoms with van der Waals surface area (Å²) in [4.78, 5) is 16.3. The van der Waals surface area contributed by atoms with E-state index in [1.807, 2.05) is 26.2 Å². The Balaban J connectivity index is 1.41. The average molecular weight is 369 g/mol. The molecule has 2 heterocycles. The molecule has 3 rings (SSSR count). The fraction of sp³-hybridized carbons (Fsp3) is 0.778. The van der Waals surface area contributed by atoms with Crippen molar-refractivity contribution in [3.63, 3.8) is 0 Å². The predicted octanol–water partition coefficient (Wildman–Crippen LogP) is 3.23. The number of rotatable bonds is 5. The average Bonchev–Trinajstić information content (AvgIpc) is 3.15. The molecule has 6 nitrogen and oxygen atoms in total. The highest BCUT2D eigenvalue weighted by atomic mass is 32.1. The van der Waals surface area contributed by atoms with E-state index < -0.39 is 5.60 Å². The number of hydrogen-bond acceptors (Lipinski definition) is 7. The van der Waals surface area contributed by atoms with Gasteiger partial charge in [0.15, 0.2) is 5.79 Å². The number of carbonyl (C=O) groups excluding carboxylic acids is 1. The molecule has 1 spiro atoms. The molecule has 7 heteroatoms. The first kappa shape index (κ1) is 18.8. The number of ether oxygens (including phenoxy) is 4. The molecule has 140 valence electrons. The number of hydrogen-bond donors (Lipinski definition) is 0. The van der Waals surface area contributed by atoms with Crippen LogP contribution in [0.5, 0.6) is 0 Å². The number of esters is 1. The minimum atomic E-state index is -0.467. The van der Waals surface area contributed by atoms with Gasteiger partial charge >= 0.3 is 5.97 Å². The molecule has 1 aromatic heterocycles. The van der Waals surface area contributed by atoms with Gasteiger partial charge in [0.2, 0.25) is 0 Å². The van der Waals surface area contributed by atoms with Gasteiger partial charge in [0, 0.05) is 18.2 Å². The maximum absolute atomic E-state index is 11.9. The third kappa shape index (κ3) is 5.48. The van der Waals surface area contributed by atoms with Gasteiger partial charge in [-0.05, 0) is 33.6 Å². The van der Waals surface area contributed by atoms with Crippen molar-refractivity contribution in [2.75, 3.05) is 13.2 Å². The van der Waals surface area contributed by atoms with Gasteiger partial charge in [-0.15, -0.1) is 11.3 Å². The number of aromatic nitrogens is 1. The van der Waals surface area contributed by atoms with Crippen LogP contribution < -0.4 is 0 Å². The zero-order valence-electron chi connectivity index (χ0n) is 15.2. The van der Waals surface area contributed by atoms with Gasteiger partial charge in [-0.3, -0.25) is 4.79 Å². The lowest BCUT2D eigenvalue weighted by Gasteiger charge is -2.35. The van der Waals surface area contributed by atoms with Crippen LogP contribution in [0, 0.1) is 0 Å². The molecule has 0 unspecified atom stereocenters. The summed E-state index contributed by atoms with van der Waals surface area (Å²) in [7, 11) is 0. The van der Waals surface area contributed by atoms with Gasteiger partial charge in [-0.2, -0.15) is 0 Å². The molecule has 0 aromatic carbocycles. The van der Waals surface area contributed by atoms with Gasteiger partial charge in [0.1, 0.15) is 10.6 Å². The largest absolute Gasteiger partial charge is 0.460 e. The predicted molar refractivity (Wildman–Crippen MR) is 93.3 cm³/mol. The summed E-state index contributed by atoms with van der Waals surface area (Å²) in [6.45, 7) is 7.46. The maximum atomic E-state index is 11.9. The van der Waals surface area contributed by atoms with Crippen LogP contribution in [0.15, 0.2) is 5.38 Å². The van der Waals surface area contributed by atoms with E-state index in [1.165, 1.54) is 11.3 Å². The molecule has 0 radical (unpaired) electrons. The molecular weight excluding hydrogens is 342 g/mol.